The van der Waals surface area contributed by atoms with E-state index in [1.54, 1.807) is 0 Å². The molecule has 108 valence electrons. The van der Waals surface area contributed by atoms with Gasteiger partial charge in [-0.05, 0) is 24.0 Å². The van der Waals surface area contributed by atoms with Crippen LogP contribution >= 0.6 is 0 Å². The number of fused-ring (bicyclic) bond motifs is 1. The quantitative estimate of drug-likeness (QED) is 0.435. The van der Waals surface area contributed by atoms with E-state index in [1.807, 2.05) is 6.92 Å². The first-order valence-corrected chi connectivity index (χ1v) is 6.43. The van der Waals surface area contributed by atoms with Gasteiger partial charge in [0.2, 0.25) is 0 Å². The van der Waals surface area contributed by atoms with Gasteiger partial charge in [-0.2, -0.15) is 0 Å². The summed E-state index contributed by atoms with van der Waals surface area (Å²) in [5.74, 6) is 0.199. The minimum absolute atomic E-state index is 0.199. The van der Waals surface area contributed by atoms with Crippen LogP contribution in [-0.4, -0.2) is 0 Å². The second kappa shape index (κ2) is 4.26. The minimum Gasteiger partial charge on any atom is -0.397 e. The number of anilines is 6. The molecule has 2 rings (SSSR count). The standard InChI is InChI=1S/C14H22N6/c1-4(2)6-5(3)9(15)11(17)8-7(6)10(16)13(19)14(20)12(8)18/h4H,15-20H2,1-3H3. The minimum atomic E-state index is 0.199. The van der Waals surface area contributed by atoms with Gasteiger partial charge in [-0.25, -0.2) is 0 Å². The zero-order valence-electron chi connectivity index (χ0n) is 12.0. The van der Waals surface area contributed by atoms with Crippen LogP contribution in [0.5, 0.6) is 0 Å². The lowest BCUT2D eigenvalue weighted by Gasteiger charge is -2.23. The molecular formula is C14H22N6. The first-order chi connectivity index (χ1) is 9.20. The lowest BCUT2D eigenvalue weighted by molar-refractivity contribution is 0.868. The Morgan fingerprint density at radius 1 is 0.600 bits per heavy atom. The maximum Gasteiger partial charge on any atom is 0.0810 e. The zero-order valence-corrected chi connectivity index (χ0v) is 12.0. The van der Waals surface area contributed by atoms with Crippen molar-refractivity contribution >= 4 is 44.9 Å². The van der Waals surface area contributed by atoms with Crippen molar-refractivity contribution in [2.24, 2.45) is 0 Å². The van der Waals surface area contributed by atoms with Crippen LogP contribution < -0.4 is 34.4 Å². The van der Waals surface area contributed by atoms with Crippen molar-refractivity contribution in [1.82, 2.24) is 0 Å². The van der Waals surface area contributed by atoms with Crippen molar-refractivity contribution in [1.29, 1.82) is 0 Å². The maximum atomic E-state index is 6.16. The average molecular weight is 274 g/mol. The summed E-state index contributed by atoms with van der Waals surface area (Å²) in [5, 5.41) is 1.36. The molecule has 0 saturated heterocycles. The largest absolute Gasteiger partial charge is 0.397 e. The Kier molecular flexibility index (Phi) is 2.97. The third kappa shape index (κ3) is 1.57. The normalized spacial score (nSPS) is 11.4. The van der Waals surface area contributed by atoms with E-state index in [-0.39, 0.29) is 11.6 Å². The SMILES string of the molecule is Cc1c(N)c(N)c2c(N)c(N)c(N)c(N)c2c1C(C)C. The molecule has 0 heterocycles. The Bertz CT molecular complexity index is 710. The van der Waals surface area contributed by atoms with Crippen LogP contribution in [0.4, 0.5) is 34.1 Å². The Morgan fingerprint density at radius 3 is 1.45 bits per heavy atom. The molecule has 0 fully saturated rings. The average Bonchev–Trinajstić information content (AvgIpc) is 2.39. The summed E-state index contributed by atoms with van der Waals surface area (Å²) in [6.07, 6.45) is 0. The van der Waals surface area contributed by atoms with E-state index in [1.165, 1.54) is 0 Å². The molecule has 0 aromatic heterocycles. The van der Waals surface area contributed by atoms with Gasteiger partial charge in [0.05, 0.1) is 34.1 Å². The number of hydrogen-bond acceptors (Lipinski definition) is 6. The van der Waals surface area contributed by atoms with Gasteiger partial charge in [-0.3, -0.25) is 0 Å². The summed E-state index contributed by atoms with van der Waals surface area (Å²) < 4.78 is 0. The molecule has 0 radical (unpaired) electrons. The van der Waals surface area contributed by atoms with E-state index in [0.29, 0.717) is 33.8 Å². The van der Waals surface area contributed by atoms with Crippen LogP contribution in [0, 0.1) is 6.92 Å². The zero-order chi connectivity index (χ0) is 15.4. The Morgan fingerprint density at radius 2 is 1.00 bits per heavy atom. The van der Waals surface area contributed by atoms with Gasteiger partial charge in [0.15, 0.2) is 0 Å². The molecule has 0 atom stereocenters. The predicted molar refractivity (Wildman–Crippen MR) is 89.2 cm³/mol. The molecule has 0 aliphatic heterocycles. The van der Waals surface area contributed by atoms with E-state index in [2.05, 4.69) is 13.8 Å². The summed E-state index contributed by atoms with van der Waals surface area (Å²) in [4.78, 5) is 0. The van der Waals surface area contributed by atoms with Gasteiger partial charge >= 0.3 is 0 Å². The lowest BCUT2D eigenvalue weighted by Crippen LogP contribution is -2.11. The number of hydrogen-bond donors (Lipinski definition) is 6. The Balaban J connectivity index is 3.22. The molecule has 0 aliphatic carbocycles. The Hall–Kier alpha value is -2.50. The van der Waals surface area contributed by atoms with Gasteiger partial charge in [-0.15, -0.1) is 0 Å². The van der Waals surface area contributed by atoms with Crippen LogP contribution in [0.25, 0.3) is 10.8 Å². The van der Waals surface area contributed by atoms with Crippen LogP contribution in [0.3, 0.4) is 0 Å². The fourth-order valence-corrected chi connectivity index (χ4v) is 2.78. The van der Waals surface area contributed by atoms with E-state index in [4.69, 9.17) is 34.4 Å². The summed E-state index contributed by atoms with van der Waals surface area (Å²) in [6.45, 7) is 6.03. The number of benzene rings is 2. The molecule has 2 aromatic carbocycles. The topological polar surface area (TPSA) is 156 Å². The molecule has 0 aliphatic rings. The highest BCUT2D eigenvalue weighted by molar-refractivity contribution is 6.19. The van der Waals surface area contributed by atoms with Crippen LogP contribution in [0.15, 0.2) is 0 Å². The van der Waals surface area contributed by atoms with Crippen LogP contribution in [-0.2, 0) is 0 Å². The highest BCUT2D eigenvalue weighted by Gasteiger charge is 2.22. The van der Waals surface area contributed by atoms with Crippen molar-refractivity contribution in [3.8, 4) is 0 Å². The molecule has 0 spiro atoms. The molecule has 0 bridgehead atoms. The van der Waals surface area contributed by atoms with Crippen molar-refractivity contribution in [2.75, 3.05) is 34.4 Å². The molecule has 12 N–H and O–H groups in total. The summed E-state index contributed by atoms with van der Waals surface area (Å²) >= 11 is 0. The number of nitrogens with two attached hydrogens (primary N) is 6. The maximum absolute atomic E-state index is 6.16. The summed E-state index contributed by atoms with van der Waals surface area (Å²) in [5.41, 5.74) is 40.4. The van der Waals surface area contributed by atoms with Crippen molar-refractivity contribution in [2.45, 2.75) is 26.7 Å². The lowest BCUT2D eigenvalue weighted by atomic mass is 9.87. The molecule has 6 nitrogen and oxygen atoms in total. The van der Waals surface area contributed by atoms with Crippen LogP contribution in [0.2, 0.25) is 0 Å². The smallest absolute Gasteiger partial charge is 0.0810 e. The van der Waals surface area contributed by atoms with E-state index in [9.17, 15) is 0 Å². The molecule has 6 heteroatoms. The van der Waals surface area contributed by atoms with Crippen molar-refractivity contribution in [3.05, 3.63) is 11.1 Å². The third-order valence-corrected chi connectivity index (χ3v) is 3.87. The van der Waals surface area contributed by atoms with Gasteiger partial charge in [0, 0.05) is 10.8 Å². The van der Waals surface area contributed by atoms with Gasteiger partial charge in [-0.1, -0.05) is 13.8 Å². The number of rotatable bonds is 1. The van der Waals surface area contributed by atoms with Gasteiger partial charge in [0.1, 0.15) is 0 Å². The monoisotopic (exact) mass is 274 g/mol. The molecule has 2 aromatic rings. The van der Waals surface area contributed by atoms with Crippen molar-refractivity contribution in [3.63, 3.8) is 0 Å². The van der Waals surface area contributed by atoms with Gasteiger partial charge in [0.25, 0.3) is 0 Å². The number of nitrogen functional groups attached to an aromatic ring is 6. The van der Waals surface area contributed by atoms with Crippen molar-refractivity contribution < 1.29 is 0 Å². The molecular weight excluding hydrogens is 252 g/mol. The van der Waals surface area contributed by atoms with Gasteiger partial charge < -0.3 is 34.4 Å². The van der Waals surface area contributed by atoms with E-state index >= 15 is 0 Å². The second-order valence-electron chi connectivity index (χ2n) is 5.43. The van der Waals surface area contributed by atoms with E-state index < -0.39 is 0 Å². The van der Waals surface area contributed by atoms with Crippen LogP contribution in [0.1, 0.15) is 30.9 Å². The molecule has 0 saturated carbocycles. The third-order valence-electron chi connectivity index (χ3n) is 3.87. The molecule has 0 unspecified atom stereocenters. The highest BCUT2D eigenvalue weighted by atomic mass is 14.8. The molecule has 20 heavy (non-hydrogen) atoms. The summed E-state index contributed by atoms with van der Waals surface area (Å²) in [6, 6.07) is 0. The van der Waals surface area contributed by atoms with E-state index in [0.717, 1.165) is 16.5 Å². The predicted octanol–water partition coefficient (Wildman–Crippen LogP) is 1.76. The fraction of sp³-hybridized carbons (Fsp3) is 0.286. The first-order valence-electron chi connectivity index (χ1n) is 6.43. The summed E-state index contributed by atoms with van der Waals surface area (Å²) in [7, 11) is 0. The second-order valence-corrected chi connectivity index (χ2v) is 5.43. The first kappa shape index (κ1) is 13.9. The fourth-order valence-electron chi connectivity index (χ4n) is 2.78. The highest BCUT2D eigenvalue weighted by Crippen LogP contribution is 2.47. The Labute approximate surface area is 118 Å². The molecule has 0 amide bonds.